The van der Waals surface area contributed by atoms with Gasteiger partial charge in [0, 0.05) is 15.3 Å². The van der Waals surface area contributed by atoms with Crippen LogP contribution in [0.2, 0.25) is 0 Å². The second-order valence-electron chi connectivity index (χ2n) is 7.13. The molecule has 7 heteroatoms. The summed E-state index contributed by atoms with van der Waals surface area (Å²) in [4.78, 5) is 2.01. The Morgan fingerprint density at radius 1 is 1.16 bits per heavy atom. The molecule has 1 aliphatic heterocycles. The number of hydrogen-bond acceptors (Lipinski definition) is 5. The highest BCUT2D eigenvalue weighted by Gasteiger charge is 2.53. The first-order valence-electron chi connectivity index (χ1n) is 8.32. The molecule has 0 spiro atoms. The lowest BCUT2D eigenvalue weighted by atomic mass is 9.82. The second kappa shape index (κ2) is 6.97. The van der Waals surface area contributed by atoms with Crippen molar-refractivity contribution >= 4 is 35.4 Å². The van der Waals surface area contributed by atoms with E-state index in [9.17, 15) is 0 Å². The second-order valence-corrected chi connectivity index (χ2v) is 9.08. The van der Waals surface area contributed by atoms with Gasteiger partial charge in [0.15, 0.2) is 0 Å². The molecule has 0 aliphatic carbocycles. The molecule has 0 aromatic carbocycles. The molecule has 0 amide bonds. The van der Waals surface area contributed by atoms with E-state index < -0.39 is 18.3 Å². The Balaban J connectivity index is 2.03. The first kappa shape index (κ1) is 18.8. The maximum absolute atomic E-state index is 15.5. The van der Waals surface area contributed by atoms with Crippen LogP contribution in [0.15, 0.2) is 34.7 Å². The molecule has 2 aromatic heterocycles. The SMILES string of the molecule is CC1(C)OB(C(F)=C(c2ccsc2)c2ccc(CCN)s2)OC1(C)C. The quantitative estimate of drug-likeness (QED) is 0.768. The van der Waals surface area contributed by atoms with Gasteiger partial charge in [-0.05, 0) is 75.2 Å². The predicted octanol–water partition coefficient (Wildman–Crippen LogP) is 4.67. The van der Waals surface area contributed by atoms with Crippen LogP contribution >= 0.6 is 22.7 Å². The average Bonchev–Trinajstić information content (AvgIpc) is 3.22. The fourth-order valence-corrected chi connectivity index (χ4v) is 4.40. The minimum atomic E-state index is -1.00. The van der Waals surface area contributed by atoms with Gasteiger partial charge in [0.1, 0.15) is 5.73 Å². The van der Waals surface area contributed by atoms with Crippen molar-refractivity contribution in [2.75, 3.05) is 6.54 Å². The van der Waals surface area contributed by atoms with Gasteiger partial charge in [-0.2, -0.15) is 11.3 Å². The van der Waals surface area contributed by atoms with E-state index >= 15 is 4.39 Å². The maximum Gasteiger partial charge on any atom is 0.525 e. The number of halogens is 1. The molecule has 0 saturated carbocycles. The normalized spacial score (nSPS) is 20.0. The summed E-state index contributed by atoms with van der Waals surface area (Å²) >= 11 is 3.11. The molecule has 2 N–H and O–H groups in total. The smallest absolute Gasteiger partial charge is 0.398 e. The number of nitrogens with two attached hydrogens (primary N) is 1. The molecule has 1 aliphatic rings. The van der Waals surface area contributed by atoms with Crippen molar-refractivity contribution in [3.63, 3.8) is 0 Å². The van der Waals surface area contributed by atoms with E-state index in [0.717, 1.165) is 21.7 Å². The Labute approximate surface area is 156 Å². The van der Waals surface area contributed by atoms with Gasteiger partial charge < -0.3 is 15.0 Å². The predicted molar refractivity (Wildman–Crippen MR) is 105 cm³/mol. The van der Waals surface area contributed by atoms with Crippen molar-refractivity contribution in [3.8, 4) is 0 Å². The molecular weight excluding hydrogens is 356 g/mol. The van der Waals surface area contributed by atoms with Gasteiger partial charge in [-0.3, -0.25) is 0 Å². The van der Waals surface area contributed by atoms with Crippen LogP contribution in [-0.2, 0) is 15.7 Å². The van der Waals surface area contributed by atoms with Gasteiger partial charge in [0.25, 0.3) is 0 Å². The molecule has 3 rings (SSSR count). The van der Waals surface area contributed by atoms with E-state index in [-0.39, 0.29) is 5.73 Å². The minimum Gasteiger partial charge on any atom is -0.398 e. The third-order valence-corrected chi connectivity index (χ3v) is 6.65. The lowest BCUT2D eigenvalue weighted by Gasteiger charge is -2.32. The Morgan fingerprint density at radius 2 is 1.84 bits per heavy atom. The molecule has 3 nitrogen and oxygen atoms in total. The van der Waals surface area contributed by atoms with E-state index in [1.54, 1.807) is 22.7 Å². The van der Waals surface area contributed by atoms with Crippen LogP contribution < -0.4 is 5.73 Å². The van der Waals surface area contributed by atoms with Crippen LogP contribution in [0.3, 0.4) is 0 Å². The highest BCUT2D eigenvalue weighted by atomic mass is 32.1. The summed E-state index contributed by atoms with van der Waals surface area (Å²) in [5, 5.41) is 3.89. The molecule has 25 heavy (non-hydrogen) atoms. The highest BCUT2D eigenvalue weighted by molar-refractivity contribution is 7.13. The highest BCUT2D eigenvalue weighted by Crippen LogP contribution is 2.42. The first-order valence-corrected chi connectivity index (χ1v) is 10.1. The van der Waals surface area contributed by atoms with Crippen LogP contribution in [0.25, 0.3) is 5.57 Å². The van der Waals surface area contributed by atoms with Crippen molar-refractivity contribution < 1.29 is 13.7 Å². The maximum atomic E-state index is 15.5. The van der Waals surface area contributed by atoms with E-state index in [1.165, 1.54) is 0 Å². The van der Waals surface area contributed by atoms with Crippen molar-refractivity contribution in [1.82, 2.24) is 0 Å². The van der Waals surface area contributed by atoms with Crippen molar-refractivity contribution in [3.05, 3.63) is 50.0 Å². The topological polar surface area (TPSA) is 44.5 Å². The van der Waals surface area contributed by atoms with Crippen molar-refractivity contribution in [2.24, 2.45) is 5.73 Å². The van der Waals surface area contributed by atoms with E-state index in [0.29, 0.717) is 12.1 Å². The molecule has 1 saturated heterocycles. The van der Waals surface area contributed by atoms with Crippen LogP contribution in [0.5, 0.6) is 0 Å². The third kappa shape index (κ3) is 3.62. The van der Waals surface area contributed by atoms with E-state index in [4.69, 9.17) is 15.0 Å². The summed E-state index contributed by atoms with van der Waals surface area (Å²) in [6, 6.07) is 5.89. The van der Waals surface area contributed by atoms with Gasteiger partial charge in [0.2, 0.25) is 0 Å². The molecular formula is C18H23BFNO2S2. The van der Waals surface area contributed by atoms with Gasteiger partial charge >= 0.3 is 7.12 Å². The summed E-state index contributed by atoms with van der Waals surface area (Å²) in [6.07, 6.45) is 0.791. The molecule has 1 fully saturated rings. The lowest BCUT2D eigenvalue weighted by molar-refractivity contribution is 0.00578. The van der Waals surface area contributed by atoms with Crippen LogP contribution in [-0.4, -0.2) is 24.9 Å². The van der Waals surface area contributed by atoms with Gasteiger partial charge in [-0.25, -0.2) is 4.39 Å². The Hall–Kier alpha value is -0.985. The van der Waals surface area contributed by atoms with Crippen LogP contribution in [0.1, 0.15) is 43.0 Å². The summed E-state index contributed by atoms with van der Waals surface area (Å²) < 4.78 is 27.3. The van der Waals surface area contributed by atoms with Crippen molar-refractivity contribution in [2.45, 2.75) is 45.3 Å². The average molecular weight is 379 g/mol. The number of rotatable bonds is 5. The molecule has 0 radical (unpaired) electrons. The van der Waals surface area contributed by atoms with Crippen LogP contribution in [0, 0.1) is 0 Å². The van der Waals surface area contributed by atoms with E-state index in [2.05, 4.69) is 0 Å². The fourth-order valence-electron chi connectivity index (χ4n) is 2.66. The number of hydrogen-bond donors (Lipinski definition) is 1. The molecule has 3 heterocycles. The molecule has 2 aromatic rings. The Bertz CT molecular complexity index is 752. The van der Waals surface area contributed by atoms with Gasteiger partial charge in [0.05, 0.1) is 11.2 Å². The molecule has 0 unspecified atom stereocenters. The zero-order chi connectivity index (χ0) is 18.2. The van der Waals surface area contributed by atoms with Crippen LogP contribution in [0.4, 0.5) is 4.39 Å². The summed E-state index contributed by atoms with van der Waals surface area (Å²) in [7, 11) is -1.00. The lowest BCUT2D eigenvalue weighted by Crippen LogP contribution is -2.41. The standard InChI is InChI=1S/C18H23BFNO2S2/c1-17(2)18(3,4)23-19(22-17)16(20)15(12-8-10-24-11-12)14-6-5-13(25-14)7-9-21/h5-6,8,10-11H,7,9,21H2,1-4H3. The summed E-state index contributed by atoms with van der Waals surface area (Å²) in [5.74, 6) is 0. The first-order chi connectivity index (χ1) is 11.7. The summed E-state index contributed by atoms with van der Waals surface area (Å²) in [5.41, 5.74) is 5.51. The third-order valence-electron chi connectivity index (χ3n) is 4.81. The van der Waals surface area contributed by atoms with Gasteiger partial charge in [-0.15, -0.1) is 11.3 Å². The zero-order valence-corrected chi connectivity index (χ0v) is 16.6. The van der Waals surface area contributed by atoms with Gasteiger partial charge in [-0.1, -0.05) is 0 Å². The fraction of sp³-hybridized carbons (Fsp3) is 0.444. The molecule has 134 valence electrons. The molecule has 0 atom stereocenters. The Morgan fingerprint density at radius 3 is 2.40 bits per heavy atom. The minimum absolute atomic E-state index is 0.377. The molecule has 0 bridgehead atoms. The largest absolute Gasteiger partial charge is 0.525 e. The Kier molecular flexibility index (Phi) is 5.24. The van der Waals surface area contributed by atoms with Crippen molar-refractivity contribution in [1.29, 1.82) is 0 Å². The zero-order valence-electron chi connectivity index (χ0n) is 15.0. The summed E-state index contributed by atoms with van der Waals surface area (Å²) in [6.45, 7) is 8.28. The number of thiophene rings is 2. The monoisotopic (exact) mass is 379 g/mol. The van der Waals surface area contributed by atoms with E-state index in [1.807, 2.05) is 56.7 Å².